The molecule has 1 aliphatic heterocycles. The van der Waals surface area contributed by atoms with Gasteiger partial charge in [0, 0.05) is 17.9 Å². The average molecular weight is 338 g/mol. The van der Waals surface area contributed by atoms with E-state index in [4.69, 9.17) is 10.5 Å². The molecule has 1 aromatic heterocycles. The van der Waals surface area contributed by atoms with Crippen molar-refractivity contribution >= 4 is 29.2 Å². The lowest BCUT2D eigenvalue weighted by molar-refractivity contribution is -0.122. The fourth-order valence-corrected chi connectivity index (χ4v) is 2.85. The summed E-state index contributed by atoms with van der Waals surface area (Å²) in [5.74, 6) is 0.548. The van der Waals surface area contributed by atoms with Crippen LogP contribution in [0.5, 0.6) is 5.75 Å². The minimum Gasteiger partial charge on any atom is -0.492 e. The van der Waals surface area contributed by atoms with Crippen molar-refractivity contribution in [2.75, 3.05) is 6.61 Å². The fraction of sp³-hybridized carbons (Fsp3) is 0.375. The first-order valence-electron chi connectivity index (χ1n) is 7.31. The molecule has 0 fully saturated rings. The highest BCUT2D eigenvalue weighted by Crippen LogP contribution is 2.35. The number of rotatable bonds is 3. The monoisotopic (exact) mass is 337 g/mol. The van der Waals surface area contributed by atoms with Crippen LogP contribution in [0.25, 0.3) is 10.9 Å². The quantitative estimate of drug-likeness (QED) is 0.877. The van der Waals surface area contributed by atoms with Gasteiger partial charge in [0.25, 0.3) is 5.56 Å². The minimum atomic E-state index is -0.612. The molecule has 0 spiro atoms. The molecular weight excluding hydrogens is 318 g/mol. The standard InChI is InChI=1S/C16H19N3O3.ClH/c1-9-7-11-5-6-22-15(11)12-3-4-13(20)19(14(9)12)8-18-16(21)10(2)17;/h3-4,7,10H,5-6,8,17H2,1-2H3,(H,18,21);1H/t10-;/m0./s1. The topological polar surface area (TPSA) is 86.4 Å². The first-order valence-corrected chi connectivity index (χ1v) is 7.31. The van der Waals surface area contributed by atoms with Crippen molar-refractivity contribution in [3.63, 3.8) is 0 Å². The number of amides is 1. The van der Waals surface area contributed by atoms with Gasteiger partial charge >= 0.3 is 0 Å². The van der Waals surface area contributed by atoms with Crippen molar-refractivity contribution in [1.82, 2.24) is 9.88 Å². The molecule has 1 amide bonds. The number of halogens is 1. The zero-order valence-corrected chi connectivity index (χ0v) is 13.9. The molecule has 0 saturated carbocycles. The predicted octanol–water partition coefficient (Wildman–Crippen LogP) is 1.09. The Morgan fingerprint density at radius 3 is 2.91 bits per heavy atom. The number of aryl methyl sites for hydroxylation is 1. The van der Waals surface area contributed by atoms with Crippen LogP contribution < -0.4 is 21.3 Å². The number of carbonyl (C=O) groups is 1. The maximum Gasteiger partial charge on any atom is 0.252 e. The van der Waals surface area contributed by atoms with Crippen molar-refractivity contribution in [2.45, 2.75) is 33.0 Å². The number of fused-ring (bicyclic) bond motifs is 3. The Morgan fingerprint density at radius 1 is 1.48 bits per heavy atom. The summed E-state index contributed by atoms with van der Waals surface area (Å²) in [5.41, 5.74) is 8.31. The first-order chi connectivity index (χ1) is 10.5. The van der Waals surface area contributed by atoms with Gasteiger partial charge in [0.05, 0.1) is 24.8 Å². The van der Waals surface area contributed by atoms with Crippen LogP contribution in [0.3, 0.4) is 0 Å². The molecule has 0 radical (unpaired) electrons. The maximum atomic E-state index is 12.2. The number of nitrogens with two attached hydrogens (primary N) is 1. The summed E-state index contributed by atoms with van der Waals surface area (Å²) < 4.78 is 7.25. The van der Waals surface area contributed by atoms with Crippen LogP contribution in [0, 0.1) is 6.92 Å². The minimum absolute atomic E-state index is 0. The van der Waals surface area contributed by atoms with E-state index in [1.165, 1.54) is 6.07 Å². The normalized spacial score (nSPS) is 13.9. The SMILES string of the molecule is Cc1cc2c(c3ccc(=O)n(CNC(=O)[C@H](C)N)c13)OCC2.Cl. The molecule has 2 heterocycles. The van der Waals surface area contributed by atoms with Gasteiger partial charge in [-0.05, 0) is 31.0 Å². The molecule has 0 bridgehead atoms. The number of aromatic nitrogens is 1. The molecule has 3 N–H and O–H groups in total. The lowest BCUT2D eigenvalue weighted by Gasteiger charge is -2.16. The molecule has 0 saturated heterocycles. The molecule has 0 aliphatic carbocycles. The Morgan fingerprint density at radius 2 is 2.22 bits per heavy atom. The largest absolute Gasteiger partial charge is 0.492 e. The fourth-order valence-electron chi connectivity index (χ4n) is 2.85. The van der Waals surface area contributed by atoms with Gasteiger partial charge in [0.1, 0.15) is 5.75 Å². The predicted molar refractivity (Wildman–Crippen MR) is 91.2 cm³/mol. The van der Waals surface area contributed by atoms with Gasteiger partial charge in [0.2, 0.25) is 5.91 Å². The van der Waals surface area contributed by atoms with E-state index in [1.54, 1.807) is 17.6 Å². The van der Waals surface area contributed by atoms with E-state index in [1.807, 2.05) is 13.0 Å². The molecular formula is C16H20ClN3O3. The second kappa shape index (κ2) is 6.60. The third-order valence-electron chi connectivity index (χ3n) is 3.93. The van der Waals surface area contributed by atoms with Crippen molar-refractivity contribution in [3.05, 3.63) is 39.7 Å². The van der Waals surface area contributed by atoms with Gasteiger partial charge < -0.3 is 15.8 Å². The molecule has 1 aliphatic rings. The smallest absolute Gasteiger partial charge is 0.252 e. The van der Waals surface area contributed by atoms with Crippen LogP contribution in [-0.2, 0) is 17.9 Å². The summed E-state index contributed by atoms with van der Waals surface area (Å²) in [6.45, 7) is 4.32. The molecule has 124 valence electrons. The highest BCUT2D eigenvalue weighted by molar-refractivity contribution is 5.90. The number of benzene rings is 1. The Kier molecular flexibility index (Phi) is 4.97. The number of hydrogen-bond donors (Lipinski definition) is 2. The number of carbonyl (C=O) groups excluding carboxylic acids is 1. The third kappa shape index (κ3) is 3.04. The van der Waals surface area contributed by atoms with Crippen molar-refractivity contribution in [1.29, 1.82) is 0 Å². The number of nitrogens with zero attached hydrogens (tertiary/aromatic N) is 1. The summed E-state index contributed by atoms with van der Waals surface area (Å²) in [5, 5.41) is 3.59. The highest BCUT2D eigenvalue weighted by Gasteiger charge is 2.19. The summed E-state index contributed by atoms with van der Waals surface area (Å²) in [7, 11) is 0. The van der Waals surface area contributed by atoms with Gasteiger partial charge in [-0.15, -0.1) is 12.4 Å². The number of nitrogens with one attached hydrogen (secondary N) is 1. The molecule has 2 aromatic rings. The van der Waals surface area contributed by atoms with Gasteiger partial charge in [-0.2, -0.15) is 0 Å². The van der Waals surface area contributed by atoms with Crippen LogP contribution in [0.4, 0.5) is 0 Å². The van der Waals surface area contributed by atoms with Crippen LogP contribution in [0.15, 0.2) is 23.0 Å². The van der Waals surface area contributed by atoms with Gasteiger partial charge in [-0.3, -0.25) is 14.2 Å². The van der Waals surface area contributed by atoms with E-state index in [-0.39, 0.29) is 30.5 Å². The molecule has 0 unspecified atom stereocenters. The Balaban J connectivity index is 0.00000192. The molecule has 6 nitrogen and oxygen atoms in total. The first kappa shape index (κ1) is 17.3. The Labute approximate surface area is 140 Å². The zero-order chi connectivity index (χ0) is 15.9. The van der Waals surface area contributed by atoms with Crippen LogP contribution >= 0.6 is 12.4 Å². The molecule has 3 rings (SSSR count). The van der Waals surface area contributed by atoms with Crippen molar-refractivity contribution in [3.8, 4) is 5.75 Å². The van der Waals surface area contributed by atoms with Crippen LogP contribution in [-0.4, -0.2) is 23.1 Å². The van der Waals surface area contributed by atoms with Crippen molar-refractivity contribution < 1.29 is 9.53 Å². The highest BCUT2D eigenvalue weighted by atomic mass is 35.5. The Hall–Kier alpha value is -2.05. The van der Waals surface area contributed by atoms with Gasteiger partial charge in [-0.25, -0.2) is 0 Å². The number of ether oxygens (including phenoxy) is 1. The van der Waals surface area contributed by atoms with Gasteiger partial charge in [-0.1, -0.05) is 6.07 Å². The van der Waals surface area contributed by atoms with E-state index < -0.39 is 6.04 Å². The average Bonchev–Trinajstić information content (AvgIpc) is 2.93. The number of hydrogen-bond acceptors (Lipinski definition) is 4. The van der Waals surface area contributed by atoms with Crippen molar-refractivity contribution in [2.24, 2.45) is 5.73 Å². The second-order valence-corrected chi connectivity index (χ2v) is 5.63. The molecule has 1 aromatic carbocycles. The summed E-state index contributed by atoms with van der Waals surface area (Å²) in [6, 6.07) is 4.73. The Bertz CT molecular complexity index is 814. The van der Waals surface area contributed by atoms with E-state index in [0.29, 0.717) is 6.61 Å². The summed E-state index contributed by atoms with van der Waals surface area (Å²) in [4.78, 5) is 23.9. The molecule has 1 atom stereocenters. The van der Waals surface area contributed by atoms with Crippen LogP contribution in [0.2, 0.25) is 0 Å². The summed E-state index contributed by atoms with van der Waals surface area (Å²) >= 11 is 0. The summed E-state index contributed by atoms with van der Waals surface area (Å²) in [6.07, 6.45) is 0.882. The lowest BCUT2D eigenvalue weighted by atomic mass is 10.0. The van der Waals surface area contributed by atoms with E-state index in [2.05, 4.69) is 5.32 Å². The number of pyridine rings is 1. The van der Waals surface area contributed by atoms with Gasteiger partial charge in [0.15, 0.2) is 0 Å². The van der Waals surface area contributed by atoms with E-state index >= 15 is 0 Å². The second-order valence-electron chi connectivity index (χ2n) is 5.63. The zero-order valence-electron chi connectivity index (χ0n) is 13.1. The van der Waals surface area contributed by atoms with Crippen LogP contribution in [0.1, 0.15) is 18.1 Å². The molecule has 7 heteroatoms. The van der Waals surface area contributed by atoms with E-state index in [9.17, 15) is 9.59 Å². The lowest BCUT2D eigenvalue weighted by Crippen LogP contribution is -2.41. The van der Waals surface area contributed by atoms with E-state index in [0.717, 1.165) is 34.2 Å². The third-order valence-corrected chi connectivity index (χ3v) is 3.93. The molecule has 23 heavy (non-hydrogen) atoms. The maximum absolute atomic E-state index is 12.2.